The van der Waals surface area contributed by atoms with Gasteiger partial charge in [0.1, 0.15) is 0 Å². The first-order valence-electron chi connectivity index (χ1n) is 5.75. The van der Waals surface area contributed by atoms with E-state index in [0.29, 0.717) is 5.02 Å². The van der Waals surface area contributed by atoms with Crippen LogP contribution in [0.3, 0.4) is 0 Å². The van der Waals surface area contributed by atoms with Gasteiger partial charge in [0.2, 0.25) is 0 Å². The van der Waals surface area contributed by atoms with Crippen LogP contribution in [0.15, 0.2) is 54.6 Å². The van der Waals surface area contributed by atoms with Crippen molar-refractivity contribution in [2.45, 2.75) is 12.5 Å². The monoisotopic (exact) mass is 259 g/mol. The topological polar surface area (TPSA) is 43.1 Å². The molecule has 2 aromatic carbocycles. The quantitative estimate of drug-likeness (QED) is 0.917. The molecule has 0 aliphatic heterocycles. The summed E-state index contributed by atoms with van der Waals surface area (Å²) < 4.78 is 0. The van der Waals surface area contributed by atoms with Gasteiger partial charge in [0.15, 0.2) is 5.78 Å². The molecule has 0 bridgehead atoms. The van der Waals surface area contributed by atoms with Crippen LogP contribution >= 0.6 is 11.6 Å². The van der Waals surface area contributed by atoms with Crippen molar-refractivity contribution in [1.82, 2.24) is 0 Å². The second-order valence-corrected chi connectivity index (χ2v) is 4.53. The molecule has 2 nitrogen and oxygen atoms in total. The molecule has 0 aromatic heterocycles. The van der Waals surface area contributed by atoms with E-state index in [-0.39, 0.29) is 12.2 Å². The first-order valence-corrected chi connectivity index (χ1v) is 6.13. The Kier molecular flexibility index (Phi) is 4.13. The summed E-state index contributed by atoms with van der Waals surface area (Å²) in [6.07, 6.45) is 0.260. The van der Waals surface area contributed by atoms with Crippen LogP contribution in [0.2, 0.25) is 5.02 Å². The highest BCUT2D eigenvalue weighted by Crippen LogP contribution is 2.19. The van der Waals surface area contributed by atoms with Crippen LogP contribution in [0.4, 0.5) is 0 Å². The Morgan fingerprint density at radius 2 is 1.67 bits per heavy atom. The zero-order chi connectivity index (χ0) is 13.0. The van der Waals surface area contributed by atoms with Crippen LogP contribution in [-0.4, -0.2) is 5.78 Å². The van der Waals surface area contributed by atoms with Gasteiger partial charge in [0, 0.05) is 11.4 Å². The van der Waals surface area contributed by atoms with Crippen molar-refractivity contribution in [2.24, 2.45) is 5.73 Å². The Morgan fingerprint density at radius 1 is 1.06 bits per heavy atom. The molecular formula is C15H14ClNO. The van der Waals surface area contributed by atoms with E-state index in [2.05, 4.69) is 0 Å². The van der Waals surface area contributed by atoms with Crippen molar-refractivity contribution in [2.75, 3.05) is 0 Å². The predicted molar refractivity (Wildman–Crippen MR) is 73.5 cm³/mol. The molecule has 2 rings (SSSR count). The average molecular weight is 260 g/mol. The van der Waals surface area contributed by atoms with Gasteiger partial charge < -0.3 is 5.73 Å². The van der Waals surface area contributed by atoms with Gasteiger partial charge in [-0.25, -0.2) is 0 Å². The fraction of sp³-hybridized carbons (Fsp3) is 0.133. The van der Waals surface area contributed by atoms with Gasteiger partial charge >= 0.3 is 0 Å². The minimum atomic E-state index is -0.595. The van der Waals surface area contributed by atoms with Crippen LogP contribution in [0.1, 0.15) is 17.2 Å². The summed E-state index contributed by atoms with van der Waals surface area (Å²) in [5, 5.41) is 0.603. The molecule has 0 aliphatic carbocycles. The third-order valence-corrected chi connectivity index (χ3v) is 3.20. The van der Waals surface area contributed by atoms with Gasteiger partial charge in [0.05, 0.1) is 6.04 Å². The number of benzene rings is 2. The molecule has 18 heavy (non-hydrogen) atoms. The lowest BCUT2D eigenvalue weighted by molar-refractivity contribution is -0.119. The van der Waals surface area contributed by atoms with E-state index in [0.717, 1.165) is 11.1 Å². The van der Waals surface area contributed by atoms with Crippen molar-refractivity contribution >= 4 is 17.4 Å². The van der Waals surface area contributed by atoms with Crippen LogP contribution < -0.4 is 5.73 Å². The normalized spacial score (nSPS) is 12.1. The van der Waals surface area contributed by atoms with Gasteiger partial charge in [-0.05, 0) is 17.2 Å². The molecule has 2 N–H and O–H groups in total. The fourth-order valence-corrected chi connectivity index (χ4v) is 1.99. The summed E-state index contributed by atoms with van der Waals surface area (Å²) in [5.41, 5.74) is 7.59. The number of hydrogen-bond acceptors (Lipinski definition) is 2. The summed E-state index contributed by atoms with van der Waals surface area (Å²) in [6, 6.07) is 16.1. The molecule has 0 heterocycles. The number of rotatable bonds is 4. The summed E-state index contributed by atoms with van der Waals surface area (Å²) in [4.78, 5) is 12.1. The SMILES string of the molecule is N[C@@H](C(=O)Cc1ccccc1Cl)c1ccccc1. The summed E-state index contributed by atoms with van der Waals surface area (Å²) in [6.45, 7) is 0. The number of carbonyl (C=O) groups is 1. The molecule has 3 heteroatoms. The molecule has 0 saturated heterocycles. The minimum Gasteiger partial charge on any atom is -0.318 e. The summed E-state index contributed by atoms with van der Waals surface area (Å²) in [7, 11) is 0. The molecule has 0 saturated carbocycles. The zero-order valence-electron chi connectivity index (χ0n) is 9.84. The third-order valence-electron chi connectivity index (χ3n) is 2.83. The molecule has 0 unspecified atom stereocenters. The average Bonchev–Trinajstić information content (AvgIpc) is 2.41. The number of ketones is 1. The van der Waals surface area contributed by atoms with E-state index in [9.17, 15) is 4.79 Å². The highest BCUT2D eigenvalue weighted by Gasteiger charge is 2.16. The predicted octanol–water partition coefficient (Wildman–Crippen LogP) is 3.15. The summed E-state index contributed by atoms with van der Waals surface area (Å²) >= 11 is 6.03. The van der Waals surface area contributed by atoms with Crippen LogP contribution in [0.25, 0.3) is 0 Å². The number of halogens is 1. The van der Waals surface area contributed by atoms with Crippen LogP contribution in [-0.2, 0) is 11.2 Å². The Bertz CT molecular complexity index is 539. The molecule has 0 amide bonds. The number of hydrogen-bond donors (Lipinski definition) is 1. The molecule has 0 fully saturated rings. The Morgan fingerprint density at radius 3 is 2.33 bits per heavy atom. The van der Waals surface area contributed by atoms with Crippen molar-refractivity contribution in [3.8, 4) is 0 Å². The van der Waals surface area contributed by atoms with Gasteiger partial charge in [-0.1, -0.05) is 60.1 Å². The fourth-order valence-electron chi connectivity index (χ4n) is 1.79. The molecule has 2 aromatic rings. The zero-order valence-corrected chi connectivity index (χ0v) is 10.6. The maximum atomic E-state index is 12.1. The number of nitrogens with two attached hydrogens (primary N) is 1. The molecule has 0 aliphatic rings. The lowest BCUT2D eigenvalue weighted by atomic mass is 9.98. The van der Waals surface area contributed by atoms with Crippen molar-refractivity contribution in [3.05, 3.63) is 70.7 Å². The number of Topliss-reactive ketones (excluding diaryl/α,β-unsaturated/α-hetero) is 1. The maximum absolute atomic E-state index is 12.1. The largest absolute Gasteiger partial charge is 0.318 e. The van der Waals surface area contributed by atoms with Gasteiger partial charge in [-0.2, -0.15) is 0 Å². The maximum Gasteiger partial charge on any atom is 0.158 e. The first-order chi connectivity index (χ1) is 8.68. The van der Waals surface area contributed by atoms with Crippen molar-refractivity contribution in [1.29, 1.82) is 0 Å². The van der Waals surface area contributed by atoms with Gasteiger partial charge in [-0.15, -0.1) is 0 Å². The van der Waals surface area contributed by atoms with E-state index in [1.54, 1.807) is 6.07 Å². The van der Waals surface area contributed by atoms with E-state index in [4.69, 9.17) is 17.3 Å². The first kappa shape index (κ1) is 12.8. The second kappa shape index (κ2) is 5.80. The standard InChI is InChI=1S/C15H14ClNO/c16-13-9-5-4-8-12(13)10-14(18)15(17)11-6-2-1-3-7-11/h1-9,15H,10,17H2/t15-/m1/s1. The van der Waals surface area contributed by atoms with Crippen molar-refractivity contribution in [3.63, 3.8) is 0 Å². The Labute approximate surface area is 111 Å². The van der Waals surface area contributed by atoms with E-state index >= 15 is 0 Å². The van der Waals surface area contributed by atoms with Crippen LogP contribution in [0.5, 0.6) is 0 Å². The molecular weight excluding hydrogens is 246 g/mol. The molecule has 0 spiro atoms. The summed E-state index contributed by atoms with van der Waals surface area (Å²) in [5.74, 6) is -0.0331. The van der Waals surface area contributed by atoms with E-state index in [1.165, 1.54) is 0 Å². The van der Waals surface area contributed by atoms with Gasteiger partial charge in [0.25, 0.3) is 0 Å². The third kappa shape index (κ3) is 2.97. The number of carbonyl (C=O) groups excluding carboxylic acids is 1. The lowest BCUT2D eigenvalue weighted by Gasteiger charge is -2.11. The molecule has 1 atom stereocenters. The van der Waals surface area contributed by atoms with Crippen molar-refractivity contribution < 1.29 is 4.79 Å². The second-order valence-electron chi connectivity index (χ2n) is 4.12. The smallest absolute Gasteiger partial charge is 0.158 e. The molecule has 92 valence electrons. The van der Waals surface area contributed by atoms with E-state index in [1.807, 2.05) is 48.5 Å². The van der Waals surface area contributed by atoms with Gasteiger partial charge in [-0.3, -0.25) is 4.79 Å². The molecule has 0 radical (unpaired) electrons. The minimum absolute atomic E-state index is 0.0331. The lowest BCUT2D eigenvalue weighted by Crippen LogP contribution is -2.23. The Balaban J connectivity index is 2.12. The highest BCUT2D eigenvalue weighted by atomic mass is 35.5. The van der Waals surface area contributed by atoms with Crippen LogP contribution in [0, 0.1) is 0 Å². The Hall–Kier alpha value is -1.64. The van der Waals surface area contributed by atoms with E-state index < -0.39 is 6.04 Å². The highest BCUT2D eigenvalue weighted by molar-refractivity contribution is 6.31.